The lowest BCUT2D eigenvalue weighted by atomic mass is 10.1. The number of likely N-dealkylation sites (tertiary alicyclic amines) is 1. The van der Waals surface area contributed by atoms with E-state index in [1.807, 2.05) is 7.05 Å². The Morgan fingerprint density at radius 1 is 1.62 bits per heavy atom. The minimum atomic E-state index is -0.683. The Hall–Kier alpha value is -1.23. The zero-order valence-corrected chi connectivity index (χ0v) is 7.37. The van der Waals surface area contributed by atoms with Gasteiger partial charge in [0.05, 0.1) is 6.04 Å². The van der Waals surface area contributed by atoms with Crippen molar-refractivity contribution in [2.75, 3.05) is 25.5 Å². The van der Waals surface area contributed by atoms with Crippen molar-refractivity contribution in [1.82, 2.24) is 14.9 Å². The molecular formula is C8H11FN4. The number of nitrogens with one attached hydrogen (secondary N) is 1. The van der Waals surface area contributed by atoms with Gasteiger partial charge in [-0.1, -0.05) is 0 Å². The minimum Gasteiger partial charge on any atom is -0.365 e. The summed E-state index contributed by atoms with van der Waals surface area (Å²) in [5.41, 5.74) is 0. The maximum atomic E-state index is 12.5. The van der Waals surface area contributed by atoms with Gasteiger partial charge in [0.1, 0.15) is 5.82 Å². The third kappa shape index (κ3) is 1.92. The lowest BCUT2D eigenvalue weighted by molar-refractivity contribution is 0.205. The Labute approximate surface area is 75.8 Å². The van der Waals surface area contributed by atoms with Crippen molar-refractivity contribution in [2.24, 2.45) is 0 Å². The Balaban J connectivity index is 1.94. The van der Waals surface area contributed by atoms with E-state index in [0.29, 0.717) is 11.9 Å². The summed E-state index contributed by atoms with van der Waals surface area (Å²) in [4.78, 5) is 9.17. The molecule has 1 aromatic heterocycles. The van der Waals surface area contributed by atoms with E-state index in [1.54, 1.807) is 6.07 Å². The summed E-state index contributed by atoms with van der Waals surface area (Å²) >= 11 is 0. The zero-order valence-electron chi connectivity index (χ0n) is 7.37. The first-order chi connectivity index (χ1) is 6.24. The van der Waals surface area contributed by atoms with Gasteiger partial charge in [0.2, 0.25) is 0 Å². The number of halogens is 1. The van der Waals surface area contributed by atoms with Crippen molar-refractivity contribution < 1.29 is 4.39 Å². The Kier molecular flexibility index (Phi) is 2.10. The largest absolute Gasteiger partial charge is 0.365 e. The molecule has 1 aliphatic rings. The summed E-state index contributed by atoms with van der Waals surface area (Å²) in [5.74, 6) is 0.561. The molecule has 1 aliphatic heterocycles. The highest BCUT2D eigenvalue weighted by Crippen LogP contribution is 2.10. The molecule has 0 bridgehead atoms. The predicted molar refractivity (Wildman–Crippen MR) is 46.9 cm³/mol. The van der Waals surface area contributed by atoms with Gasteiger partial charge in [-0.3, -0.25) is 0 Å². The van der Waals surface area contributed by atoms with Gasteiger partial charge in [-0.15, -0.1) is 0 Å². The number of rotatable bonds is 2. The average Bonchev–Trinajstić information content (AvgIpc) is 2.01. The van der Waals surface area contributed by atoms with Crippen molar-refractivity contribution >= 4 is 5.82 Å². The standard InChI is InChI=1S/C8H11FN4/c1-13-4-6(5-13)11-7-2-3-10-8(9)12-7/h2-3,6H,4-5H2,1H3,(H,10,11,12). The van der Waals surface area contributed by atoms with Crippen LogP contribution >= 0.6 is 0 Å². The highest BCUT2D eigenvalue weighted by Gasteiger charge is 2.22. The molecular weight excluding hydrogens is 171 g/mol. The van der Waals surface area contributed by atoms with Crippen molar-refractivity contribution in [3.8, 4) is 0 Å². The molecule has 1 N–H and O–H groups in total. The monoisotopic (exact) mass is 182 g/mol. The normalized spacial score (nSPS) is 18.3. The molecule has 4 nitrogen and oxygen atoms in total. The fourth-order valence-corrected chi connectivity index (χ4v) is 1.41. The minimum absolute atomic E-state index is 0.388. The molecule has 0 aliphatic carbocycles. The van der Waals surface area contributed by atoms with Crippen LogP contribution in [0.2, 0.25) is 0 Å². The predicted octanol–water partition coefficient (Wildman–Crippen LogP) is 0.342. The first-order valence-corrected chi connectivity index (χ1v) is 4.17. The van der Waals surface area contributed by atoms with E-state index in [9.17, 15) is 4.39 Å². The van der Waals surface area contributed by atoms with Gasteiger partial charge in [0, 0.05) is 19.3 Å². The molecule has 0 radical (unpaired) electrons. The average molecular weight is 182 g/mol. The van der Waals surface area contributed by atoms with Crippen LogP contribution in [0.5, 0.6) is 0 Å². The summed E-state index contributed by atoms with van der Waals surface area (Å²) < 4.78 is 12.5. The molecule has 2 rings (SSSR count). The molecule has 0 unspecified atom stereocenters. The second-order valence-electron chi connectivity index (χ2n) is 3.27. The SMILES string of the molecule is CN1CC(Nc2ccnc(F)n2)C1. The second-order valence-corrected chi connectivity index (χ2v) is 3.27. The molecule has 5 heteroatoms. The second kappa shape index (κ2) is 3.26. The van der Waals surface area contributed by atoms with Gasteiger partial charge < -0.3 is 10.2 Å². The highest BCUT2D eigenvalue weighted by atomic mass is 19.1. The first kappa shape index (κ1) is 8.37. The molecule has 0 spiro atoms. The van der Waals surface area contributed by atoms with Crippen LogP contribution in [0, 0.1) is 6.08 Å². The molecule has 1 aromatic rings. The van der Waals surface area contributed by atoms with Gasteiger partial charge in [0.15, 0.2) is 0 Å². The van der Waals surface area contributed by atoms with E-state index in [4.69, 9.17) is 0 Å². The van der Waals surface area contributed by atoms with E-state index in [-0.39, 0.29) is 0 Å². The molecule has 0 aromatic carbocycles. The van der Waals surface area contributed by atoms with E-state index < -0.39 is 6.08 Å². The van der Waals surface area contributed by atoms with Crippen molar-refractivity contribution in [2.45, 2.75) is 6.04 Å². The van der Waals surface area contributed by atoms with Gasteiger partial charge in [-0.2, -0.15) is 9.37 Å². The number of hydrogen-bond donors (Lipinski definition) is 1. The zero-order chi connectivity index (χ0) is 9.26. The van der Waals surface area contributed by atoms with Crippen LogP contribution in [0.3, 0.4) is 0 Å². The molecule has 1 saturated heterocycles. The van der Waals surface area contributed by atoms with Gasteiger partial charge in [-0.05, 0) is 13.1 Å². The summed E-state index contributed by atoms with van der Waals surface area (Å²) in [7, 11) is 2.04. The molecule has 2 heterocycles. The van der Waals surface area contributed by atoms with Crippen LogP contribution in [0.4, 0.5) is 10.2 Å². The third-order valence-electron chi connectivity index (χ3n) is 2.04. The van der Waals surface area contributed by atoms with Crippen LogP contribution < -0.4 is 5.32 Å². The van der Waals surface area contributed by atoms with Crippen molar-refractivity contribution in [3.63, 3.8) is 0 Å². The van der Waals surface area contributed by atoms with E-state index >= 15 is 0 Å². The Bertz CT molecular complexity index is 298. The van der Waals surface area contributed by atoms with Gasteiger partial charge in [-0.25, -0.2) is 4.98 Å². The number of nitrogens with zero attached hydrogens (tertiary/aromatic N) is 3. The molecule has 0 saturated carbocycles. The molecule has 1 fully saturated rings. The highest BCUT2D eigenvalue weighted by molar-refractivity contribution is 5.34. The first-order valence-electron chi connectivity index (χ1n) is 4.17. The fourth-order valence-electron chi connectivity index (χ4n) is 1.41. The smallest absolute Gasteiger partial charge is 0.310 e. The quantitative estimate of drug-likeness (QED) is 0.670. The molecule has 0 amide bonds. The van der Waals surface area contributed by atoms with Gasteiger partial charge in [0.25, 0.3) is 0 Å². The Morgan fingerprint density at radius 2 is 2.38 bits per heavy atom. The van der Waals surface area contributed by atoms with Crippen LogP contribution in [0.15, 0.2) is 12.3 Å². The number of anilines is 1. The molecule has 70 valence electrons. The van der Waals surface area contributed by atoms with Crippen LogP contribution in [0.25, 0.3) is 0 Å². The maximum absolute atomic E-state index is 12.5. The summed E-state index contributed by atoms with van der Waals surface area (Å²) in [6.45, 7) is 1.96. The summed E-state index contributed by atoms with van der Waals surface area (Å²) in [5, 5.41) is 3.12. The molecule has 13 heavy (non-hydrogen) atoms. The topological polar surface area (TPSA) is 41.0 Å². The lowest BCUT2D eigenvalue weighted by Gasteiger charge is -2.36. The van der Waals surface area contributed by atoms with Crippen LogP contribution in [-0.4, -0.2) is 41.0 Å². The van der Waals surface area contributed by atoms with Crippen molar-refractivity contribution in [3.05, 3.63) is 18.3 Å². The third-order valence-corrected chi connectivity index (χ3v) is 2.04. The molecule has 0 atom stereocenters. The van der Waals surface area contributed by atoms with Crippen LogP contribution in [0.1, 0.15) is 0 Å². The Morgan fingerprint density at radius 3 is 3.00 bits per heavy atom. The number of likely N-dealkylation sites (N-methyl/N-ethyl adjacent to an activating group) is 1. The fraction of sp³-hybridized carbons (Fsp3) is 0.500. The van der Waals surface area contributed by atoms with Gasteiger partial charge >= 0.3 is 6.08 Å². The number of hydrogen-bond acceptors (Lipinski definition) is 4. The van der Waals surface area contributed by atoms with Crippen molar-refractivity contribution in [1.29, 1.82) is 0 Å². The van der Waals surface area contributed by atoms with Crippen LogP contribution in [-0.2, 0) is 0 Å². The summed E-state index contributed by atoms with van der Waals surface area (Å²) in [6.07, 6.45) is 0.727. The van der Waals surface area contributed by atoms with E-state index in [0.717, 1.165) is 13.1 Å². The lowest BCUT2D eigenvalue weighted by Crippen LogP contribution is -2.52. The maximum Gasteiger partial charge on any atom is 0.310 e. The number of aromatic nitrogens is 2. The summed E-state index contributed by atoms with van der Waals surface area (Å²) in [6, 6.07) is 2.06. The van der Waals surface area contributed by atoms with E-state index in [2.05, 4.69) is 20.2 Å². The van der Waals surface area contributed by atoms with E-state index in [1.165, 1.54) is 6.20 Å².